The van der Waals surface area contributed by atoms with Crippen LogP contribution in [0.2, 0.25) is 0 Å². The molecule has 2 aromatic heterocycles. The van der Waals surface area contributed by atoms with Crippen molar-refractivity contribution >= 4 is 54.9 Å². The third-order valence-corrected chi connectivity index (χ3v) is 24.1. The zero-order valence-corrected chi connectivity index (χ0v) is 59.2. The summed E-state index contributed by atoms with van der Waals surface area (Å²) in [6.07, 6.45) is 0. The molecule has 0 fully saturated rings. The van der Waals surface area contributed by atoms with Crippen molar-refractivity contribution in [2.24, 2.45) is 0 Å². The summed E-state index contributed by atoms with van der Waals surface area (Å²) in [4.78, 5) is 14.7. The highest BCUT2D eigenvalue weighted by atomic mass is 32.1. The Morgan fingerprint density at radius 3 is 0.794 bits per heavy atom. The van der Waals surface area contributed by atoms with Crippen molar-refractivity contribution in [1.82, 2.24) is 9.97 Å². The van der Waals surface area contributed by atoms with Crippen molar-refractivity contribution in [3.63, 3.8) is 0 Å². The fourth-order valence-corrected chi connectivity index (χ4v) is 19.5. The third-order valence-electron chi connectivity index (χ3n) is 22.9. The van der Waals surface area contributed by atoms with Crippen LogP contribution in [0.1, 0.15) is 44.5 Å². The van der Waals surface area contributed by atoms with Gasteiger partial charge >= 0.3 is 0 Å². The molecular weight excluding hydrogens is 1310 g/mol. The van der Waals surface area contributed by atoms with Gasteiger partial charge < -0.3 is 0 Å². The minimum atomic E-state index is -0.621. The number of benzene rings is 17. The lowest BCUT2D eigenvalue weighted by Gasteiger charge is -2.34. The lowest BCUT2D eigenvalue weighted by atomic mass is 9.67. The highest BCUT2D eigenvalue weighted by Gasteiger charge is 2.49. The van der Waals surface area contributed by atoms with E-state index in [4.69, 9.17) is 9.97 Å². The first kappa shape index (κ1) is 62.2. The smallest absolute Gasteiger partial charge is 0.109 e. The molecule has 0 radical (unpaired) electrons. The predicted molar refractivity (Wildman–Crippen MR) is 448 cm³/mol. The van der Waals surface area contributed by atoms with E-state index in [9.17, 15) is 0 Å². The molecule has 2 aliphatic rings. The number of hydrogen-bond acceptors (Lipinski definition) is 3. The van der Waals surface area contributed by atoms with Crippen molar-refractivity contribution < 1.29 is 0 Å². The fourth-order valence-electron chi connectivity index (χ4n) is 18.3. The van der Waals surface area contributed by atoms with Crippen LogP contribution in [-0.4, -0.2) is 9.97 Å². The second kappa shape index (κ2) is 25.2. The van der Waals surface area contributed by atoms with Gasteiger partial charge in [0.25, 0.3) is 0 Å². The molecule has 21 rings (SSSR count). The maximum absolute atomic E-state index is 6.29. The molecule has 107 heavy (non-hydrogen) atoms. The van der Waals surface area contributed by atoms with Gasteiger partial charge in [-0.25, -0.2) is 9.97 Å². The molecular formula is C104H66N2S. The maximum atomic E-state index is 6.29. The van der Waals surface area contributed by atoms with E-state index >= 15 is 0 Å². The molecule has 0 saturated carbocycles. The summed E-state index contributed by atoms with van der Waals surface area (Å²) in [5.41, 5.74) is 33.2. The van der Waals surface area contributed by atoms with Crippen molar-refractivity contribution in [3.05, 3.63) is 445 Å². The number of thiophene rings is 1. The summed E-state index contributed by atoms with van der Waals surface area (Å²) in [7, 11) is 0. The molecule has 3 heteroatoms. The lowest BCUT2D eigenvalue weighted by Crippen LogP contribution is -2.28. The van der Waals surface area contributed by atoms with Gasteiger partial charge in [-0.05, 0) is 156 Å². The molecule has 0 atom stereocenters. The van der Waals surface area contributed by atoms with Crippen LogP contribution < -0.4 is 0 Å². The Morgan fingerprint density at radius 2 is 0.439 bits per heavy atom. The third kappa shape index (κ3) is 9.64. The van der Waals surface area contributed by atoms with Crippen molar-refractivity contribution in [2.45, 2.75) is 10.8 Å². The molecule has 2 nitrogen and oxygen atoms in total. The Morgan fingerprint density at radius 1 is 0.178 bits per heavy atom. The predicted octanol–water partition coefficient (Wildman–Crippen LogP) is 27.2. The molecule has 0 bridgehead atoms. The van der Waals surface area contributed by atoms with Crippen LogP contribution in [0.25, 0.3) is 154 Å². The SMILES string of the molecule is c1ccc(-c2ccc(-c3ccccc3-c3ccc4c(c3)c3cc(-c5ccccc5-c5ccc(-c6ccccc6)cc5)ccc3c3nc5c(-c6cccc7c6-c6ccccc6C7(c6ccccc6)c6ccccc6)sc(-c6cccc7c6-c6ccccc6C7(c6ccccc6)c6ccccc6)c5nc43)cc2)cc1. The monoisotopic (exact) mass is 1370 g/mol. The molecule has 498 valence electrons. The van der Waals surface area contributed by atoms with Gasteiger partial charge in [-0.15, -0.1) is 11.3 Å². The van der Waals surface area contributed by atoms with Crippen LogP contribution in [-0.2, 0) is 10.8 Å². The lowest BCUT2D eigenvalue weighted by molar-refractivity contribution is 0.768. The first-order valence-electron chi connectivity index (χ1n) is 36.9. The largest absolute Gasteiger partial charge is 0.242 e. The molecule has 0 spiro atoms. The van der Waals surface area contributed by atoms with Crippen LogP contribution >= 0.6 is 11.3 Å². The topological polar surface area (TPSA) is 25.8 Å². The molecule has 0 N–H and O–H groups in total. The Balaban J connectivity index is 0.853. The highest BCUT2D eigenvalue weighted by Crippen LogP contribution is 2.63. The number of rotatable bonds is 12. The molecule has 17 aromatic carbocycles. The minimum Gasteiger partial charge on any atom is -0.242 e. The molecule has 0 saturated heterocycles. The van der Waals surface area contributed by atoms with Gasteiger partial charge in [-0.3, -0.25) is 0 Å². The van der Waals surface area contributed by atoms with Crippen molar-refractivity contribution in [3.8, 4) is 110 Å². The maximum Gasteiger partial charge on any atom is 0.109 e. The summed E-state index contributed by atoms with van der Waals surface area (Å²) in [5, 5.41) is 4.29. The van der Waals surface area contributed by atoms with Crippen molar-refractivity contribution in [1.29, 1.82) is 0 Å². The van der Waals surface area contributed by atoms with Gasteiger partial charge in [-0.2, -0.15) is 0 Å². The number of fused-ring (bicyclic) bond motifs is 13. The van der Waals surface area contributed by atoms with E-state index in [0.717, 1.165) is 97.9 Å². The highest BCUT2D eigenvalue weighted by molar-refractivity contribution is 7.21. The van der Waals surface area contributed by atoms with Crippen LogP contribution in [0.4, 0.5) is 0 Å². The van der Waals surface area contributed by atoms with Gasteiger partial charge in [0.15, 0.2) is 0 Å². The van der Waals surface area contributed by atoms with Gasteiger partial charge in [0.2, 0.25) is 0 Å². The molecule has 2 aliphatic carbocycles. The molecule has 0 aliphatic heterocycles. The molecule has 0 amide bonds. The van der Waals surface area contributed by atoms with E-state index in [0.29, 0.717) is 0 Å². The molecule has 0 unspecified atom stereocenters. The summed E-state index contributed by atoms with van der Waals surface area (Å²) in [6, 6.07) is 148. The molecule has 19 aromatic rings. The Bertz CT molecular complexity index is 6200. The second-order valence-corrected chi connectivity index (χ2v) is 29.4. The van der Waals surface area contributed by atoms with E-state index in [2.05, 4.69) is 400 Å². The average molecular weight is 1380 g/mol. The second-order valence-electron chi connectivity index (χ2n) is 28.4. The average Bonchev–Trinajstić information content (AvgIpc) is 1.54. The number of aromatic nitrogens is 2. The zero-order valence-electron chi connectivity index (χ0n) is 58.4. The summed E-state index contributed by atoms with van der Waals surface area (Å²) < 4.78 is 0. The van der Waals surface area contributed by atoms with Gasteiger partial charge in [-0.1, -0.05) is 388 Å². The van der Waals surface area contributed by atoms with Crippen LogP contribution in [0.15, 0.2) is 400 Å². The van der Waals surface area contributed by atoms with Crippen LogP contribution in [0.5, 0.6) is 0 Å². The Labute approximate surface area is 626 Å². The first-order valence-corrected chi connectivity index (χ1v) is 37.7. The quantitative estimate of drug-likeness (QED) is 0.114. The van der Waals surface area contributed by atoms with Gasteiger partial charge in [0, 0.05) is 21.9 Å². The van der Waals surface area contributed by atoms with Gasteiger partial charge in [0.05, 0.1) is 31.6 Å². The van der Waals surface area contributed by atoms with Crippen LogP contribution in [0.3, 0.4) is 0 Å². The normalized spacial score (nSPS) is 13.0. The van der Waals surface area contributed by atoms with E-state index in [1.54, 1.807) is 0 Å². The van der Waals surface area contributed by atoms with Gasteiger partial charge in [0.1, 0.15) is 11.0 Å². The first-order chi connectivity index (χ1) is 53.1. The number of hydrogen-bond donors (Lipinski definition) is 0. The Kier molecular flexibility index (Phi) is 14.6. The van der Waals surface area contributed by atoms with E-state index in [1.165, 1.54) is 100 Å². The number of nitrogens with zero attached hydrogens (tertiary/aromatic N) is 2. The summed E-state index contributed by atoms with van der Waals surface area (Å²) in [6.45, 7) is 0. The molecule has 2 heterocycles. The minimum absolute atomic E-state index is 0.621. The Hall–Kier alpha value is -13.4. The van der Waals surface area contributed by atoms with E-state index < -0.39 is 10.8 Å². The zero-order chi connectivity index (χ0) is 70.6. The summed E-state index contributed by atoms with van der Waals surface area (Å²) in [5.74, 6) is 0. The van der Waals surface area contributed by atoms with E-state index in [-0.39, 0.29) is 0 Å². The van der Waals surface area contributed by atoms with E-state index in [1.807, 2.05) is 11.3 Å². The van der Waals surface area contributed by atoms with Crippen LogP contribution in [0, 0.1) is 0 Å². The summed E-state index contributed by atoms with van der Waals surface area (Å²) >= 11 is 1.84. The van der Waals surface area contributed by atoms with Crippen molar-refractivity contribution in [2.75, 3.05) is 0 Å². The fraction of sp³-hybridized carbons (Fsp3) is 0.0192. The standard InChI is InChI=1S/C104H66N2S/c1-7-29-67(30-8-1)69-53-57-71(58-54-69)79-41-19-21-43-81(79)73-61-63-83-89(65-73)90-66-74(82-44-22-20-42-80(82)72-59-55-70(56-60-72)68-31-9-2-10-32-68)62-64-84(90)98-97(83)105-99-100(106-98)102(88-48-28-52-94-96(88)86-46-24-26-50-92(86)104(94,77-37-15-5-16-38-77)78-39-17-6-18-40-78)107-101(99)87-47-27-51-93-95(87)85-45-23-25-49-91(85)103(93,75-33-11-3-12-34-75)76-35-13-4-14-36-76/h1-66H.